The monoisotopic (exact) mass is 463 g/mol. The van der Waals surface area contributed by atoms with Gasteiger partial charge in [0.05, 0.1) is 6.04 Å². The Morgan fingerprint density at radius 3 is 2.06 bits per heavy atom. The zero-order valence-corrected chi connectivity index (χ0v) is 20.5. The first-order chi connectivity index (χ1) is 17.7. The molecule has 0 amide bonds. The first-order valence-electron chi connectivity index (χ1n) is 13.0. The van der Waals surface area contributed by atoms with Crippen LogP contribution in [0.1, 0.15) is 47.6 Å². The number of anilines is 1. The first-order valence-corrected chi connectivity index (χ1v) is 13.0. The summed E-state index contributed by atoms with van der Waals surface area (Å²) in [6, 6.07) is 42.3. The SMILES string of the molecule is CC1CC1c1ccc(-c2ccc3c4c(ccc3c2)NC(c2ccccc2)C=C4c2ccccc2)cc1. The lowest BCUT2D eigenvalue weighted by atomic mass is 9.85. The van der Waals surface area contributed by atoms with Crippen LogP contribution >= 0.6 is 0 Å². The van der Waals surface area contributed by atoms with Gasteiger partial charge >= 0.3 is 0 Å². The van der Waals surface area contributed by atoms with Crippen LogP contribution in [0.2, 0.25) is 0 Å². The average molecular weight is 464 g/mol. The van der Waals surface area contributed by atoms with Gasteiger partial charge in [0.15, 0.2) is 0 Å². The van der Waals surface area contributed by atoms with Gasteiger partial charge in [-0.3, -0.25) is 0 Å². The van der Waals surface area contributed by atoms with Crippen LogP contribution in [0.25, 0.3) is 27.5 Å². The van der Waals surface area contributed by atoms with E-state index in [2.05, 4.69) is 134 Å². The second kappa shape index (κ2) is 8.53. The van der Waals surface area contributed by atoms with Gasteiger partial charge in [-0.05, 0) is 80.6 Å². The summed E-state index contributed by atoms with van der Waals surface area (Å²) in [5.41, 5.74) is 10.3. The topological polar surface area (TPSA) is 12.0 Å². The lowest BCUT2D eigenvalue weighted by Gasteiger charge is -2.28. The minimum atomic E-state index is 0.137. The van der Waals surface area contributed by atoms with E-state index in [4.69, 9.17) is 0 Å². The van der Waals surface area contributed by atoms with Gasteiger partial charge in [-0.25, -0.2) is 0 Å². The summed E-state index contributed by atoms with van der Waals surface area (Å²) in [5, 5.41) is 6.36. The number of fused-ring (bicyclic) bond motifs is 3. The Hall–Kier alpha value is -4.10. The van der Waals surface area contributed by atoms with Crippen molar-refractivity contribution in [1.82, 2.24) is 0 Å². The highest BCUT2D eigenvalue weighted by atomic mass is 14.9. The molecule has 0 bridgehead atoms. The molecule has 3 atom stereocenters. The van der Waals surface area contributed by atoms with Gasteiger partial charge in [0.25, 0.3) is 0 Å². The fourth-order valence-electron chi connectivity index (χ4n) is 5.79. The van der Waals surface area contributed by atoms with E-state index in [-0.39, 0.29) is 6.04 Å². The van der Waals surface area contributed by atoms with E-state index in [1.54, 1.807) is 0 Å². The number of hydrogen-bond donors (Lipinski definition) is 1. The van der Waals surface area contributed by atoms with Crippen molar-refractivity contribution in [3.05, 3.63) is 144 Å². The summed E-state index contributed by atoms with van der Waals surface area (Å²) >= 11 is 0. The Bertz CT molecular complexity index is 1580. The van der Waals surface area contributed by atoms with Crippen molar-refractivity contribution >= 4 is 22.0 Å². The molecule has 1 saturated carbocycles. The molecule has 1 heteroatoms. The van der Waals surface area contributed by atoms with Crippen LogP contribution in [-0.4, -0.2) is 0 Å². The van der Waals surface area contributed by atoms with E-state index in [1.807, 2.05) is 0 Å². The molecule has 5 aromatic carbocycles. The van der Waals surface area contributed by atoms with Crippen molar-refractivity contribution in [2.45, 2.75) is 25.3 Å². The molecule has 0 saturated heterocycles. The Kier molecular flexibility index (Phi) is 5.03. The van der Waals surface area contributed by atoms with Crippen molar-refractivity contribution in [2.24, 2.45) is 5.92 Å². The van der Waals surface area contributed by atoms with Gasteiger partial charge in [-0.2, -0.15) is 0 Å². The maximum Gasteiger partial charge on any atom is 0.0707 e. The van der Waals surface area contributed by atoms with Crippen LogP contribution in [-0.2, 0) is 0 Å². The lowest BCUT2D eigenvalue weighted by Crippen LogP contribution is -2.15. The molecule has 7 rings (SSSR count). The predicted molar refractivity (Wildman–Crippen MR) is 152 cm³/mol. The summed E-state index contributed by atoms with van der Waals surface area (Å²) in [4.78, 5) is 0. The summed E-state index contributed by atoms with van der Waals surface area (Å²) in [6.07, 6.45) is 3.72. The molecule has 1 aliphatic carbocycles. The largest absolute Gasteiger partial charge is 0.374 e. The summed E-state index contributed by atoms with van der Waals surface area (Å²) in [7, 11) is 0. The zero-order chi connectivity index (χ0) is 24.1. The number of benzene rings is 5. The maximum absolute atomic E-state index is 3.80. The van der Waals surface area contributed by atoms with Crippen LogP contribution in [0.15, 0.2) is 121 Å². The molecule has 1 nitrogen and oxygen atoms in total. The first kappa shape index (κ1) is 21.2. The third-order valence-electron chi connectivity index (χ3n) is 7.96. The molecule has 1 aliphatic heterocycles. The molecule has 2 aliphatic rings. The van der Waals surface area contributed by atoms with E-state index in [1.165, 1.54) is 61.8 Å². The van der Waals surface area contributed by atoms with Crippen LogP contribution in [0.3, 0.4) is 0 Å². The van der Waals surface area contributed by atoms with Crippen molar-refractivity contribution in [3.63, 3.8) is 0 Å². The van der Waals surface area contributed by atoms with Crippen LogP contribution in [0.5, 0.6) is 0 Å². The average Bonchev–Trinajstić information content (AvgIpc) is 3.69. The van der Waals surface area contributed by atoms with Crippen molar-refractivity contribution in [2.75, 3.05) is 5.32 Å². The third-order valence-corrected chi connectivity index (χ3v) is 7.96. The Balaban J connectivity index is 1.33. The van der Waals surface area contributed by atoms with Gasteiger partial charge in [-0.1, -0.05) is 110 Å². The normalized spacial score (nSPS) is 20.4. The Morgan fingerprint density at radius 2 is 1.33 bits per heavy atom. The standard InChI is InChI=1S/C35H29N/c1-23-20-31(23)26-14-12-24(13-15-26)28-16-18-30-29(21-28)17-19-33-35(30)32(25-8-4-2-5-9-25)22-34(36-33)27-10-6-3-7-11-27/h2-19,21-23,31,34,36H,20H2,1H3. The summed E-state index contributed by atoms with van der Waals surface area (Å²) < 4.78 is 0. The molecule has 5 aromatic rings. The van der Waals surface area contributed by atoms with Gasteiger partial charge in [0.1, 0.15) is 0 Å². The van der Waals surface area contributed by atoms with Gasteiger partial charge < -0.3 is 5.32 Å². The molecular formula is C35H29N. The number of hydrogen-bond acceptors (Lipinski definition) is 1. The van der Waals surface area contributed by atoms with E-state index >= 15 is 0 Å². The molecule has 3 unspecified atom stereocenters. The second-order valence-corrected chi connectivity index (χ2v) is 10.3. The number of rotatable bonds is 4. The Labute approximate surface area is 213 Å². The fourth-order valence-corrected chi connectivity index (χ4v) is 5.79. The molecular weight excluding hydrogens is 434 g/mol. The predicted octanol–water partition coefficient (Wildman–Crippen LogP) is 9.23. The van der Waals surface area contributed by atoms with Crippen molar-refractivity contribution < 1.29 is 0 Å². The summed E-state index contributed by atoms with van der Waals surface area (Å²) in [5.74, 6) is 1.60. The van der Waals surface area contributed by atoms with E-state index in [9.17, 15) is 0 Å². The Morgan fingerprint density at radius 1 is 0.639 bits per heavy atom. The highest BCUT2D eigenvalue weighted by molar-refractivity contribution is 6.05. The maximum atomic E-state index is 3.80. The van der Waals surface area contributed by atoms with Crippen LogP contribution in [0, 0.1) is 5.92 Å². The fraction of sp³-hybridized carbons (Fsp3) is 0.143. The second-order valence-electron chi connectivity index (χ2n) is 10.3. The molecule has 174 valence electrons. The van der Waals surface area contributed by atoms with Gasteiger partial charge in [0, 0.05) is 11.3 Å². The molecule has 0 aromatic heterocycles. The van der Waals surface area contributed by atoms with E-state index < -0.39 is 0 Å². The highest BCUT2D eigenvalue weighted by Crippen LogP contribution is 2.47. The molecule has 0 radical (unpaired) electrons. The lowest BCUT2D eigenvalue weighted by molar-refractivity contribution is 0.915. The minimum absolute atomic E-state index is 0.137. The van der Waals surface area contributed by atoms with Crippen molar-refractivity contribution in [3.8, 4) is 11.1 Å². The van der Waals surface area contributed by atoms with Crippen LogP contribution < -0.4 is 5.32 Å². The van der Waals surface area contributed by atoms with Crippen molar-refractivity contribution in [1.29, 1.82) is 0 Å². The van der Waals surface area contributed by atoms with E-state index in [0.29, 0.717) is 0 Å². The molecule has 1 N–H and O–H groups in total. The molecule has 36 heavy (non-hydrogen) atoms. The molecule has 0 spiro atoms. The van der Waals surface area contributed by atoms with E-state index in [0.717, 1.165) is 11.8 Å². The smallest absolute Gasteiger partial charge is 0.0707 e. The quantitative estimate of drug-likeness (QED) is 0.280. The summed E-state index contributed by atoms with van der Waals surface area (Å²) in [6.45, 7) is 2.34. The van der Waals surface area contributed by atoms with Crippen LogP contribution in [0.4, 0.5) is 5.69 Å². The molecule has 1 fully saturated rings. The zero-order valence-electron chi connectivity index (χ0n) is 20.5. The third kappa shape index (κ3) is 3.72. The van der Waals surface area contributed by atoms with Gasteiger partial charge in [-0.15, -0.1) is 0 Å². The molecule has 1 heterocycles. The minimum Gasteiger partial charge on any atom is -0.374 e. The highest BCUT2D eigenvalue weighted by Gasteiger charge is 2.33. The van der Waals surface area contributed by atoms with Gasteiger partial charge in [0.2, 0.25) is 0 Å². The number of nitrogens with one attached hydrogen (secondary N) is 1.